The smallest absolute Gasteiger partial charge is 0.170 e. The molecule has 0 radical (unpaired) electrons. The Bertz CT molecular complexity index is 588. The summed E-state index contributed by atoms with van der Waals surface area (Å²) in [6.45, 7) is 0.382. The second kappa shape index (κ2) is 4.93. The summed E-state index contributed by atoms with van der Waals surface area (Å²) in [6, 6.07) is 2.82. The van der Waals surface area contributed by atoms with Gasteiger partial charge in [-0.1, -0.05) is 15.9 Å². The molecule has 1 fully saturated rings. The van der Waals surface area contributed by atoms with Crippen LogP contribution in [0.5, 0.6) is 0 Å². The van der Waals surface area contributed by atoms with Crippen LogP contribution >= 0.6 is 15.9 Å². The molecular formula is C11H10BrF2N5. The molecule has 1 N–H and O–H groups in total. The van der Waals surface area contributed by atoms with E-state index in [1.807, 2.05) is 0 Å². The van der Waals surface area contributed by atoms with Gasteiger partial charge in [0, 0.05) is 10.5 Å². The molecular weight excluding hydrogens is 320 g/mol. The molecule has 1 aromatic carbocycles. The molecule has 0 saturated heterocycles. The number of nitrogens with one attached hydrogen (secondary N) is 1. The van der Waals surface area contributed by atoms with E-state index >= 15 is 0 Å². The Morgan fingerprint density at radius 1 is 1.32 bits per heavy atom. The fourth-order valence-electron chi connectivity index (χ4n) is 1.75. The normalized spacial score (nSPS) is 14.9. The molecule has 0 aliphatic heterocycles. The van der Waals surface area contributed by atoms with Crippen LogP contribution in [0, 0.1) is 11.6 Å². The number of halogens is 3. The fraction of sp³-hybridized carbons (Fsp3) is 0.364. The highest BCUT2D eigenvalue weighted by Gasteiger charge is 2.23. The summed E-state index contributed by atoms with van der Waals surface area (Å²) < 4.78 is 29.1. The second-order valence-corrected chi connectivity index (χ2v) is 5.30. The van der Waals surface area contributed by atoms with E-state index in [0.717, 1.165) is 17.5 Å². The maximum Gasteiger partial charge on any atom is 0.170 e. The molecule has 19 heavy (non-hydrogen) atoms. The van der Waals surface area contributed by atoms with Crippen LogP contribution in [0.2, 0.25) is 0 Å². The third kappa shape index (κ3) is 2.64. The zero-order valence-corrected chi connectivity index (χ0v) is 11.4. The van der Waals surface area contributed by atoms with Gasteiger partial charge >= 0.3 is 0 Å². The van der Waals surface area contributed by atoms with Crippen LogP contribution in [0.4, 0.5) is 8.78 Å². The van der Waals surface area contributed by atoms with Crippen molar-refractivity contribution in [1.29, 1.82) is 0 Å². The van der Waals surface area contributed by atoms with Crippen molar-refractivity contribution in [3.8, 4) is 5.69 Å². The van der Waals surface area contributed by atoms with Gasteiger partial charge in [0.1, 0.15) is 5.69 Å². The lowest BCUT2D eigenvalue weighted by Gasteiger charge is -2.08. The minimum absolute atomic E-state index is 0.263. The predicted molar refractivity (Wildman–Crippen MR) is 66.6 cm³/mol. The van der Waals surface area contributed by atoms with E-state index in [0.29, 0.717) is 22.9 Å². The Labute approximate surface area is 116 Å². The lowest BCUT2D eigenvalue weighted by molar-refractivity contribution is 0.544. The van der Waals surface area contributed by atoms with E-state index in [4.69, 9.17) is 0 Å². The minimum Gasteiger partial charge on any atom is -0.307 e. The molecule has 0 atom stereocenters. The first-order valence-corrected chi connectivity index (χ1v) is 6.60. The molecule has 0 spiro atoms. The van der Waals surface area contributed by atoms with Crippen molar-refractivity contribution < 1.29 is 8.78 Å². The zero-order valence-electron chi connectivity index (χ0n) is 9.78. The van der Waals surface area contributed by atoms with Gasteiger partial charge < -0.3 is 5.32 Å². The van der Waals surface area contributed by atoms with E-state index in [-0.39, 0.29) is 5.69 Å². The number of nitrogens with zero attached hydrogens (tertiary/aromatic N) is 4. The van der Waals surface area contributed by atoms with Crippen molar-refractivity contribution in [3.63, 3.8) is 0 Å². The average Bonchev–Trinajstić information content (AvgIpc) is 3.06. The Hall–Kier alpha value is -1.41. The Balaban J connectivity index is 1.95. The molecule has 8 heteroatoms. The Morgan fingerprint density at radius 3 is 2.63 bits per heavy atom. The highest BCUT2D eigenvalue weighted by molar-refractivity contribution is 9.10. The molecule has 5 nitrogen and oxygen atoms in total. The summed E-state index contributed by atoms with van der Waals surface area (Å²) >= 11 is 3.03. The number of hydrogen-bond acceptors (Lipinski definition) is 4. The summed E-state index contributed by atoms with van der Waals surface area (Å²) in [4.78, 5) is 0. The van der Waals surface area contributed by atoms with Gasteiger partial charge in [0.2, 0.25) is 0 Å². The zero-order chi connectivity index (χ0) is 13.4. The van der Waals surface area contributed by atoms with E-state index in [2.05, 4.69) is 36.8 Å². The van der Waals surface area contributed by atoms with Crippen LogP contribution in [-0.2, 0) is 6.54 Å². The standard InChI is InChI=1S/C11H10BrF2N5/c12-6-3-8(13)11(9(14)4-6)19-10(16-17-18-19)5-15-7-1-2-7/h3-4,7,15H,1-2,5H2. The van der Waals surface area contributed by atoms with Gasteiger partial charge in [0.25, 0.3) is 0 Å². The number of benzene rings is 1. The van der Waals surface area contributed by atoms with E-state index < -0.39 is 11.6 Å². The predicted octanol–water partition coefficient (Wildman–Crippen LogP) is 1.95. The maximum absolute atomic E-state index is 13.9. The molecule has 3 rings (SSSR count). The first-order chi connectivity index (χ1) is 9.15. The third-order valence-corrected chi connectivity index (χ3v) is 3.31. The molecule has 1 saturated carbocycles. The van der Waals surface area contributed by atoms with Crippen LogP contribution < -0.4 is 5.32 Å². The second-order valence-electron chi connectivity index (χ2n) is 4.38. The molecule has 1 heterocycles. The molecule has 1 aliphatic rings. The van der Waals surface area contributed by atoms with E-state index in [1.165, 1.54) is 12.1 Å². The summed E-state index contributed by atoms with van der Waals surface area (Å²) in [6.07, 6.45) is 2.23. The lowest BCUT2D eigenvalue weighted by atomic mass is 10.3. The van der Waals surface area contributed by atoms with Crippen molar-refractivity contribution in [3.05, 3.63) is 34.1 Å². The van der Waals surface area contributed by atoms with E-state index in [1.54, 1.807) is 0 Å². The van der Waals surface area contributed by atoms with Crippen LogP contribution in [0.1, 0.15) is 18.7 Å². The lowest BCUT2D eigenvalue weighted by Crippen LogP contribution is -2.19. The summed E-state index contributed by atoms with van der Waals surface area (Å²) in [5.74, 6) is -1.05. The largest absolute Gasteiger partial charge is 0.307 e. The Kier molecular flexibility index (Phi) is 3.28. The summed E-state index contributed by atoms with van der Waals surface area (Å²) in [5, 5.41) is 14.1. The number of hydrogen-bond donors (Lipinski definition) is 1. The molecule has 0 amide bonds. The minimum atomic E-state index is -0.716. The van der Waals surface area contributed by atoms with Crippen molar-refractivity contribution in [2.45, 2.75) is 25.4 Å². The van der Waals surface area contributed by atoms with Crippen LogP contribution in [0.3, 0.4) is 0 Å². The van der Waals surface area contributed by atoms with Crippen LogP contribution in [0.25, 0.3) is 5.69 Å². The molecule has 0 bridgehead atoms. The summed E-state index contributed by atoms with van der Waals surface area (Å²) in [7, 11) is 0. The monoisotopic (exact) mass is 329 g/mol. The highest BCUT2D eigenvalue weighted by Crippen LogP contribution is 2.23. The molecule has 2 aromatic rings. The van der Waals surface area contributed by atoms with Gasteiger partial charge in [-0.2, -0.15) is 4.68 Å². The van der Waals surface area contributed by atoms with Crippen LogP contribution in [0.15, 0.2) is 16.6 Å². The first kappa shape index (κ1) is 12.6. The quantitative estimate of drug-likeness (QED) is 0.931. The molecule has 100 valence electrons. The number of aromatic nitrogens is 4. The fourth-order valence-corrected chi connectivity index (χ4v) is 2.15. The first-order valence-electron chi connectivity index (χ1n) is 5.80. The van der Waals surface area contributed by atoms with Gasteiger partial charge in [0.15, 0.2) is 17.5 Å². The van der Waals surface area contributed by atoms with Gasteiger partial charge in [0.05, 0.1) is 6.54 Å². The molecule has 1 aliphatic carbocycles. The molecule has 0 unspecified atom stereocenters. The average molecular weight is 330 g/mol. The van der Waals surface area contributed by atoms with Crippen molar-refractivity contribution in [2.24, 2.45) is 0 Å². The van der Waals surface area contributed by atoms with Gasteiger partial charge in [-0.3, -0.25) is 0 Å². The summed E-state index contributed by atoms with van der Waals surface area (Å²) in [5.41, 5.74) is -0.263. The third-order valence-electron chi connectivity index (χ3n) is 2.85. The van der Waals surface area contributed by atoms with Crippen LogP contribution in [-0.4, -0.2) is 26.2 Å². The van der Waals surface area contributed by atoms with Gasteiger partial charge in [-0.15, -0.1) is 5.10 Å². The topological polar surface area (TPSA) is 55.6 Å². The SMILES string of the molecule is Fc1cc(Br)cc(F)c1-n1nnnc1CNC1CC1. The van der Waals surface area contributed by atoms with Gasteiger partial charge in [-0.25, -0.2) is 8.78 Å². The number of rotatable bonds is 4. The maximum atomic E-state index is 13.9. The Morgan fingerprint density at radius 2 is 2.00 bits per heavy atom. The van der Waals surface area contributed by atoms with Crippen molar-refractivity contribution >= 4 is 15.9 Å². The van der Waals surface area contributed by atoms with E-state index in [9.17, 15) is 8.78 Å². The van der Waals surface area contributed by atoms with Crippen molar-refractivity contribution in [1.82, 2.24) is 25.5 Å². The van der Waals surface area contributed by atoms with Gasteiger partial charge in [-0.05, 0) is 35.4 Å². The highest BCUT2D eigenvalue weighted by atomic mass is 79.9. The van der Waals surface area contributed by atoms with Crippen molar-refractivity contribution in [2.75, 3.05) is 0 Å². The molecule has 1 aromatic heterocycles. The number of tetrazole rings is 1.